The molecule has 1 amide bonds. The van der Waals surface area contributed by atoms with Crippen molar-refractivity contribution in [1.29, 1.82) is 0 Å². The number of hydrogen-bond donors (Lipinski definition) is 1. The molecule has 1 saturated heterocycles. The fraction of sp³-hybridized carbons (Fsp3) is 0.533. The number of benzene rings is 1. The first-order chi connectivity index (χ1) is 9.06. The van der Waals surface area contributed by atoms with Crippen LogP contribution in [0.2, 0.25) is 0 Å². The molecule has 19 heavy (non-hydrogen) atoms. The Hall–Kier alpha value is -1.55. The van der Waals surface area contributed by atoms with Crippen molar-refractivity contribution in [3.8, 4) is 0 Å². The molecule has 0 radical (unpaired) electrons. The summed E-state index contributed by atoms with van der Waals surface area (Å²) in [7, 11) is 6.11. The van der Waals surface area contributed by atoms with Crippen LogP contribution in [0.15, 0.2) is 24.3 Å². The van der Waals surface area contributed by atoms with Gasteiger partial charge in [0.05, 0.1) is 0 Å². The molecule has 1 aromatic carbocycles. The van der Waals surface area contributed by atoms with Crippen LogP contribution < -0.4 is 10.2 Å². The Labute approximate surface area is 115 Å². The third-order valence-corrected chi connectivity index (χ3v) is 3.69. The van der Waals surface area contributed by atoms with Gasteiger partial charge in [-0.05, 0) is 50.2 Å². The van der Waals surface area contributed by atoms with E-state index in [0.717, 1.165) is 30.9 Å². The van der Waals surface area contributed by atoms with Crippen LogP contribution in [0, 0.1) is 5.92 Å². The highest BCUT2D eigenvalue weighted by Gasteiger charge is 2.19. The van der Waals surface area contributed by atoms with Gasteiger partial charge in [-0.1, -0.05) is 0 Å². The summed E-state index contributed by atoms with van der Waals surface area (Å²) >= 11 is 0. The fourth-order valence-corrected chi connectivity index (χ4v) is 2.44. The summed E-state index contributed by atoms with van der Waals surface area (Å²) < 4.78 is 0. The maximum absolute atomic E-state index is 12.0. The van der Waals surface area contributed by atoms with Gasteiger partial charge in [-0.25, -0.2) is 0 Å². The molecule has 4 heteroatoms. The van der Waals surface area contributed by atoms with Crippen LogP contribution in [0.5, 0.6) is 0 Å². The quantitative estimate of drug-likeness (QED) is 0.890. The van der Waals surface area contributed by atoms with Crippen LogP contribution in [0.4, 0.5) is 5.69 Å². The normalized spacial score (nSPS) is 19.4. The van der Waals surface area contributed by atoms with E-state index in [2.05, 4.69) is 17.3 Å². The predicted molar refractivity (Wildman–Crippen MR) is 78.7 cm³/mol. The summed E-state index contributed by atoms with van der Waals surface area (Å²) in [5.41, 5.74) is 1.84. The number of amides is 1. The van der Waals surface area contributed by atoms with Gasteiger partial charge in [0.15, 0.2) is 0 Å². The minimum atomic E-state index is 0.0276. The third kappa shape index (κ3) is 3.70. The number of carbonyl (C=O) groups excluding carboxylic acids is 1. The van der Waals surface area contributed by atoms with Crippen molar-refractivity contribution in [1.82, 2.24) is 10.2 Å². The molecule has 104 valence electrons. The fourth-order valence-electron chi connectivity index (χ4n) is 2.44. The average Bonchev–Trinajstić information content (AvgIpc) is 2.82. The summed E-state index contributed by atoms with van der Waals surface area (Å²) in [5, 5.41) is 3.03. The second kappa shape index (κ2) is 6.06. The van der Waals surface area contributed by atoms with E-state index < -0.39 is 0 Å². The van der Waals surface area contributed by atoms with E-state index in [1.807, 2.05) is 43.3 Å². The molecular formula is C15H23N3O. The maximum atomic E-state index is 12.0. The van der Waals surface area contributed by atoms with E-state index in [1.165, 1.54) is 6.42 Å². The topological polar surface area (TPSA) is 35.6 Å². The Balaban J connectivity index is 1.85. The van der Waals surface area contributed by atoms with Gasteiger partial charge in [-0.3, -0.25) is 4.79 Å². The molecule has 1 aliphatic rings. The molecule has 1 N–H and O–H groups in total. The van der Waals surface area contributed by atoms with Gasteiger partial charge in [-0.15, -0.1) is 0 Å². The summed E-state index contributed by atoms with van der Waals surface area (Å²) in [4.78, 5) is 16.4. The molecule has 0 bridgehead atoms. The summed E-state index contributed by atoms with van der Waals surface area (Å²) in [5.74, 6) is 0.620. The lowest BCUT2D eigenvalue weighted by atomic mass is 10.1. The zero-order valence-corrected chi connectivity index (χ0v) is 12.0. The Bertz CT molecular complexity index is 428. The minimum absolute atomic E-state index is 0.0276. The number of likely N-dealkylation sites (tertiary alicyclic amines) is 1. The number of hydrogen-bond acceptors (Lipinski definition) is 3. The molecule has 1 unspecified atom stereocenters. The lowest BCUT2D eigenvalue weighted by molar-refractivity contribution is 0.0947. The van der Waals surface area contributed by atoms with Crippen molar-refractivity contribution in [3.63, 3.8) is 0 Å². The first kappa shape index (κ1) is 13.9. The zero-order chi connectivity index (χ0) is 13.8. The standard InChI is InChI=1S/C15H23N3O/c1-17(2)14-6-4-13(5-7-14)15(19)16-10-12-8-9-18(3)11-12/h4-7,12H,8-11H2,1-3H3,(H,16,19). The van der Waals surface area contributed by atoms with Crippen molar-refractivity contribution in [2.24, 2.45) is 5.92 Å². The highest BCUT2D eigenvalue weighted by atomic mass is 16.1. The van der Waals surface area contributed by atoms with E-state index in [4.69, 9.17) is 0 Å². The lowest BCUT2D eigenvalue weighted by Crippen LogP contribution is -2.30. The molecule has 0 aromatic heterocycles. The molecule has 1 heterocycles. The lowest BCUT2D eigenvalue weighted by Gasteiger charge is -2.14. The molecule has 1 atom stereocenters. The first-order valence-corrected chi connectivity index (χ1v) is 6.80. The Morgan fingerprint density at radius 2 is 2.05 bits per heavy atom. The Morgan fingerprint density at radius 1 is 1.37 bits per heavy atom. The molecule has 1 aromatic rings. The molecular weight excluding hydrogens is 238 g/mol. The van der Waals surface area contributed by atoms with Crippen molar-refractivity contribution < 1.29 is 4.79 Å². The van der Waals surface area contributed by atoms with Crippen LogP contribution in [0.25, 0.3) is 0 Å². The van der Waals surface area contributed by atoms with E-state index in [9.17, 15) is 4.79 Å². The van der Waals surface area contributed by atoms with Crippen LogP contribution in [-0.4, -0.2) is 51.6 Å². The average molecular weight is 261 g/mol. The van der Waals surface area contributed by atoms with Crippen molar-refractivity contribution >= 4 is 11.6 Å². The van der Waals surface area contributed by atoms with Gasteiger partial charge in [0, 0.05) is 38.4 Å². The van der Waals surface area contributed by atoms with Gasteiger partial charge < -0.3 is 15.1 Å². The maximum Gasteiger partial charge on any atom is 0.251 e. The summed E-state index contributed by atoms with van der Waals surface area (Å²) in [6, 6.07) is 7.70. The largest absolute Gasteiger partial charge is 0.378 e. The van der Waals surface area contributed by atoms with Gasteiger partial charge in [-0.2, -0.15) is 0 Å². The number of rotatable bonds is 4. The molecule has 0 aliphatic carbocycles. The molecule has 0 saturated carbocycles. The zero-order valence-electron chi connectivity index (χ0n) is 12.0. The van der Waals surface area contributed by atoms with Crippen molar-refractivity contribution in [2.45, 2.75) is 6.42 Å². The highest BCUT2D eigenvalue weighted by Crippen LogP contribution is 2.14. The molecule has 1 fully saturated rings. The number of nitrogens with one attached hydrogen (secondary N) is 1. The summed E-state index contributed by atoms with van der Waals surface area (Å²) in [6.45, 7) is 3.00. The minimum Gasteiger partial charge on any atom is -0.378 e. The van der Waals surface area contributed by atoms with E-state index in [1.54, 1.807) is 0 Å². The SMILES string of the molecule is CN1CCC(CNC(=O)c2ccc(N(C)C)cc2)C1. The molecule has 2 rings (SSSR count). The number of anilines is 1. The predicted octanol–water partition coefficient (Wildman–Crippen LogP) is 1.43. The number of nitrogens with zero attached hydrogens (tertiary/aromatic N) is 2. The second-order valence-electron chi connectivity index (χ2n) is 5.57. The molecule has 4 nitrogen and oxygen atoms in total. The van der Waals surface area contributed by atoms with E-state index in [0.29, 0.717) is 5.92 Å². The van der Waals surface area contributed by atoms with Gasteiger partial charge in [0.25, 0.3) is 5.91 Å². The van der Waals surface area contributed by atoms with Crippen LogP contribution in [0.3, 0.4) is 0 Å². The Morgan fingerprint density at radius 3 is 2.58 bits per heavy atom. The third-order valence-electron chi connectivity index (χ3n) is 3.69. The van der Waals surface area contributed by atoms with Crippen LogP contribution in [-0.2, 0) is 0 Å². The smallest absolute Gasteiger partial charge is 0.251 e. The second-order valence-corrected chi connectivity index (χ2v) is 5.57. The van der Waals surface area contributed by atoms with Gasteiger partial charge in [0.2, 0.25) is 0 Å². The summed E-state index contributed by atoms with van der Waals surface area (Å²) in [6.07, 6.45) is 1.18. The van der Waals surface area contributed by atoms with Crippen molar-refractivity contribution in [2.75, 3.05) is 45.7 Å². The first-order valence-electron chi connectivity index (χ1n) is 6.80. The van der Waals surface area contributed by atoms with Gasteiger partial charge in [0.1, 0.15) is 0 Å². The van der Waals surface area contributed by atoms with E-state index >= 15 is 0 Å². The molecule has 1 aliphatic heterocycles. The Kier molecular flexibility index (Phi) is 4.43. The van der Waals surface area contributed by atoms with Crippen molar-refractivity contribution in [3.05, 3.63) is 29.8 Å². The molecule has 0 spiro atoms. The van der Waals surface area contributed by atoms with Crippen LogP contribution in [0.1, 0.15) is 16.8 Å². The van der Waals surface area contributed by atoms with Gasteiger partial charge >= 0.3 is 0 Å². The number of carbonyl (C=O) groups is 1. The van der Waals surface area contributed by atoms with Crippen LogP contribution >= 0.6 is 0 Å². The monoisotopic (exact) mass is 261 g/mol. The highest BCUT2D eigenvalue weighted by molar-refractivity contribution is 5.94. The van der Waals surface area contributed by atoms with E-state index in [-0.39, 0.29) is 5.91 Å².